The molecule has 2 aromatic heterocycles. The van der Waals surface area contributed by atoms with Gasteiger partial charge in [-0.15, -0.1) is 0 Å². The highest BCUT2D eigenvalue weighted by atomic mass is 19.1. The van der Waals surface area contributed by atoms with Gasteiger partial charge >= 0.3 is 0 Å². The number of hydrogen-bond donors (Lipinski definition) is 2. The van der Waals surface area contributed by atoms with Gasteiger partial charge in [-0.1, -0.05) is 0 Å². The summed E-state index contributed by atoms with van der Waals surface area (Å²) in [5.74, 6) is 0.381. The van der Waals surface area contributed by atoms with E-state index in [0.717, 1.165) is 12.8 Å². The second kappa shape index (κ2) is 9.84. The number of nitrogens with zero attached hydrogens (tertiary/aromatic N) is 5. The normalized spacial score (nSPS) is 14.1. The van der Waals surface area contributed by atoms with Crippen LogP contribution < -0.4 is 10.6 Å². The number of carbonyl (C=O) groups is 2. The summed E-state index contributed by atoms with van der Waals surface area (Å²) in [5, 5.41) is 15.0. The van der Waals surface area contributed by atoms with Gasteiger partial charge in [0.25, 0.3) is 0 Å². The number of pyridine rings is 1. The number of nitrogens with one attached hydrogen (secondary N) is 2. The maximum Gasteiger partial charge on any atom is 0.228 e. The first-order valence-corrected chi connectivity index (χ1v) is 9.53. The Bertz CT molecular complexity index is 941. The van der Waals surface area contributed by atoms with Crippen LogP contribution >= 0.6 is 0 Å². The second-order valence-electron chi connectivity index (χ2n) is 7.12. The number of anilines is 2. The Morgan fingerprint density at radius 1 is 1.37 bits per heavy atom. The second-order valence-corrected chi connectivity index (χ2v) is 7.12. The van der Waals surface area contributed by atoms with Gasteiger partial charge in [0, 0.05) is 30.8 Å². The SMILES string of the molecule is CN(CCF)C[C@@H](C=O)Nc1cc(-c2cnc(NC(=O)C3CC3)cn2)cnc1C#N. The lowest BCUT2D eigenvalue weighted by molar-refractivity contribution is -0.117. The van der Waals surface area contributed by atoms with E-state index in [1.165, 1.54) is 18.6 Å². The van der Waals surface area contributed by atoms with Crippen molar-refractivity contribution in [3.63, 3.8) is 0 Å². The molecular weight excluding hydrogens is 389 g/mol. The molecule has 0 bridgehead atoms. The minimum absolute atomic E-state index is 0.0544. The lowest BCUT2D eigenvalue weighted by Crippen LogP contribution is -2.36. The lowest BCUT2D eigenvalue weighted by atomic mass is 10.1. The van der Waals surface area contributed by atoms with Crippen LogP contribution in [0.1, 0.15) is 18.5 Å². The molecule has 2 heterocycles. The van der Waals surface area contributed by atoms with Crippen LogP contribution in [0.25, 0.3) is 11.3 Å². The van der Waals surface area contributed by atoms with Gasteiger partial charge in [0.1, 0.15) is 19.0 Å². The quantitative estimate of drug-likeness (QED) is 0.566. The van der Waals surface area contributed by atoms with Crippen LogP contribution in [-0.2, 0) is 9.59 Å². The molecule has 0 aliphatic heterocycles. The molecule has 30 heavy (non-hydrogen) atoms. The van der Waals surface area contributed by atoms with E-state index in [1.807, 2.05) is 6.07 Å². The van der Waals surface area contributed by atoms with Gasteiger partial charge < -0.3 is 20.3 Å². The van der Waals surface area contributed by atoms with Gasteiger partial charge in [-0.2, -0.15) is 5.26 Å². The Hall–Kier alpha value is -3.45. The fraction of sp³-hybridized carbons (Fsp3) is 0.400. The van der Waals surface area contributed by atoms with Gasteiger partial charge in [0.05, 0.1) is 29.8 Å². The number of amides is 1. The molecule has 1 fully saturated rings. The highest BCUT2D eigenvalue weighted by Crippen LogP contribution is 2.30. The summed E-state index contributed by atoms with van der Waals surface area (Å²) in [6, 6.07) is 3.00. The molecule has 10 heteroatoms. The third-order valence-corrected chi connectivity index (χ3v) is 4.62. The largest absolute Gasteiger partial charge is 0.372 e. The van der Waals surface area contributed by atoms with Crippen molar-refractivity contribution in [1.82, 2.24) is 19.9 Å². The van der Waals surface area contributed by atoms with Crippen LogP contribution in [0.3, 0.4) is 0 Å². The van der Waals surface area contributed by atoms with E-state index < -0.39 is 12.7 Å². The molecule has 2 aromatic rings. The minimum atomic E-state index is -0.642. The van der Waals surface area contributed by atoms with Gasteiger partial charge in [-0.05, 0) is 26.0 Å². The first kappa shape index (κ1) is 21.3. The summed E-state index contributed by atoms with van der Waals surface area (Å²) in [5.41, 5.74) is 1.58. The molecule has 1 saturated carbocycles. The summed E-state index contributed by atoms with van der Waals surface area (Å²) < 4.78 is 12.5. The predicted molar refractivity (Wildman–Crippen MR) is 108 cm³/mol. The molecule has 0 unspecified atom stereocenters. The van der Waals surface area contributed by atoms with Crippen molar-refractivity contribution in [3.8, 4) is 17.3 Å². The van der Waals surface area contributed by atoms with Gasteiger partial charge in [-0.3, -0.25) is 9.78 Å². The zero-order chi connectivity index (χ0) is 21.5. The number of nitriles is 1. The number of halogens is 1. The number of aldehydes is 1. The van der Waals surface area contributed by atoms with Crippen molar-refractivity contribution < 1.29 is 14.0 Å². The van der Waals surface area contributed by atoms with Crippen LogP contribution in [0.4, 0.5) is 15.9 Å². The fourth-order valence-corrected chi connectivity index (χ4v) is 2.81. The van der Waals surface area contributed by atoms with Crippen molar-refractivity contribution in [2.75, 3.05) is 37.4 Å². The molecule has 1 atom stereocenters. The maximum atomic E-state index is 12.5. The van der Waals surface area contributed by atoms with Crippen LogP contribution in [0, 0.1) is 17.2 Å². The first-order chi connectivity index (χ1) is 14.5. The average Bonchev–Trinajstić information content (AvgIpc) is 3.59. The minimum Gasteiger partial charge on any atom is -0.372 e. The monoisotopic (exact) mass is 411 g/mol. The Kier molecular flexibility index (Phi) is 6.98. The van der Waals surface area contributed by atoms with Crippen LogP contribution in [0.5, 0.6) is 0 Å². The van der Waals surface area contributed by atoms with Crippen molar-refractivity contribution in [2.24, 2.45) is 5.92 Å². The number of hydrogen-bond acceptors (Lipinski definition) is 8. The molecule has 156 valence electrons. The van der Waals surface area contributed by atoms with Gasteiger partial charge in [0.15, 0.2) is 11.5 Å². The van der Waals surface area contributed by atoms with E-state index in [9.17, 15) is 19.2 Å². The fourth-order valence-electron chi connectivity index (χ4n) is 2.81. The third kappa shape index (κ3) is 5.55. The van der Waals surface area contributed by atoms with Crippen molar-refractivity contribution in [3.05, 3.63) is 30.4 Å². The predicted octanol–water partition coefficient (Wildman–Crippen LogP) is 1.64. The van der Waals surface area contributed by atoms with E-state index in [1.54, 1.807) is 18.0 Å². The smallest absolute Gasteiger partial charge is 0.228 e. The Balaban J connectivity index is 1.75. The van der Waals surface area contributed by atoms with Crippen molar-refractivity contribution in [2.45, 2.75) is 18.9 Å². The summed E-state index contributed by atoms with van der Waals surface area (Å²) in [6.45, 7) is -0.0370. The lowest BCUT2D eigenvalue weighted by Gasteiger charge is -2.21. The Morgan fingerprint density at radius 3 is 2.77 bits per heavy atom. The van der Waals surface area contributed by atoms with Gasteiger partial charge in [0.2, 0.25) is 5.91 Å². The average molecular weight is 411 g/mol. The molecular formula is C20H22FN7O2. The molecule has 3 rings (SSSR count). The molecule has 1 aliphatic carbocycles. The van der Waals surface area contributed by atoms with Crippen molar-refractivity contribution >= 4 is 23.7 Å². The van der Waals surface area contributed by atoms with Crippen LogP contribution in [0.2, 0.25) is 0 Å². The van der Waals surface area contributed by atoms with Crippen LogP contribution in [0.15, 0.2) is 24.7 Å². The number of aromatic nitrogens is 3. The molecule has 0 aromatic carbocycles. The Morgan fingerprint density at radius 2 is 2.17 bits per heavy atom. The summed E-state index contributed by atoms with van der Waals surface area (Å²) in [7, 11) is 1.71. The number of alkyl halides is 1. The molecule has 9 nitrogen and oxygen atoms in total. The molecule has 0 radical (unpaired) electrons. The first-order valence-electron chi connectivity index (χ1n) is 9.53. The molecule has 0 saturated heterocycles. The zero-order valence-corrected chi connectivity index (χ0v) is 16.5. The molecule has 0 spiro atoms. The van der Waals surface area contributed by atoms with E-state index in [0.29, 0.717) is 29.0 Å². The summed E-state index contributed by atoms with van der Waals surface area (Å²) in [4.78, 5) is 37.6. The summed E-state index contributed by atoms with van der Waals surface area (Å²) >= 11 is 0. The number of carbonyl (C=O) groups excluding carboxylic acids is 2. The summed E-state index contributed by atoms with van der Waals surface area (Å²) in [6.07, 6.45) is 6.95. The number of rotatable bonds is 10. The topological polar surface area (TPSA) is 124 Å². The zero-order valence-electron chi connectivity index (χ0n) is 16.5. The maximum absolute atomic E-state index is 12.5. The highest BCUT2D eigenvalue weighted by molar-refractivity contribution is 5.93. The molecule has 1 amide bonds. The van der Waals surface area contributed by atoms with E-state index in [2.05, 4.69) is 25.6 Å². The van der Waals surface area contributed by atoms with Gasteiger partial charge in [-0.25, -0.2) is 14.4 Å². The van der Waals surface area contributed by atoms with E-state index in [-0.39, 0.29) is 30.6 Å². The van der Waals surface area contributed by atoms with E-state index in [4.69, 9.17) is 0 Å². The molecule has 2 N–H and O–H groups in total. The highest BCUT2D eigenvalue weighted by Gasteiger charge is 2.29. The molecule has 1 aliphatic rings. The number of likely N-dealkylation sites (N-methyl/N-ethyl adjacent to an activating group) is 1. The Labute approximate surface area is 173 Å². The third-order valence-electron chi connectivity index (χ3n) is 4.62. The van der Waals surface area contributed by atoms with Crippen LogP contribution in [-0.4, -0.2) is 64.9 Å². The van der Waals surface area contributed by atoms with Crippen molar-refractivity contribution in [1.29, 1.82) is 5.26 Å². The standard InChI is InChI=1S/C20H22FN7O2/c1-28(5-4-21)11-15(12-29)26-16-6-14(8-23-17(16)7-22)18-9-25-19(10-24-18)27-20(30)13-2-3-13/h6,8-10,12-13,15,26H,2-5,11H2,1H3,(H,25,27,30)/t15-/m0/s1. The van der Waals surface area contributed by atoms with E-state index >= 15 is 0 Å².